The zero-order valence-corrected chi connectivity index (χ0v) is 13.6. The molecule has 2 rings (SSSR count). The quantitative estimate of drug-likeness (QED) is 0.877. The molecule has 2 N–H and O–H groups in total. The van der Waals surface area contributed by atoms with Crippen molar-refractivity contribution in [2.45, 2.75) is 20.0 Å². The zero-order chi connectivity index (χ0) is 16.8. The fraction of sp³-hybridized carbons (Fsp3) is 0.176. The summed E-state index contributed by atoms with van der Waals surface area (Å²) in [7, 11) is 0. The van der Waals surface area contributed by atoms with E-state index in [0.717, 1.165) is 0 Å². The average molecular weight is 333 g/mol. The van der Waals surface area contributed by atoms with E-state index < -0.39 is 6.10 Å². The van der Waals surface area contributed by atoms with Gasteiger partial charge in [-0.3, -0.25) is 9.59 Å². The van der Waals surface area contributed by atoms with Crippen LogP contribution in [0.1, 0.15) is 13.8 Å². The number of amides is 2. The lowest BCUT2D eigenvalue weighted by atomic mass is 10.2. The van der Waals surface area contributed by atoms with Crippen molar-refractivity contribution >= 4 is 34.8 Å². The molecule has 5 nitrogen and oxygen atoms in total. The Labute approximate surface area is 139 Å². The molecule has 0 spiro atoms. The molecule has 0 bridgehead atoms. The maximum atomic E-state index is 12.2. The summed E-state index contributed by atoms with van der Waals surface area (Å²) in [6.07, 6.45) is -0.680. The van der Waals surface area contributed by atoms with Crippen molar-refractivity contribution in [2.24, 2.45) is 0 Å². The van der Waals surface area contributed by atoms with Gasteiger partial charge in [0.25, 0.3) is 5.91 Å². The minimum Gasteiger partial charge on any atom is -0.481 e. The number of halogens is 1. The number of hydrogen-bond acceptors (Lipinski definition) is 3. The predicted molar refractivity (Wildman–Crippen MR) is 90.9 cm³/mol. The first kappa shape index (κ1) is 16.8. The SMILES string of the molecule is CC(=O)Nc1cccc(NC(=O)[C@@H](C)Oc2ccc(Cl)cc2)c1. The molecule has 0 unspecified atom stereocenters. The molecule has 0 aliphatic heterocycles. The number of carbonyl (C=O) groups excluding carboxylic acids is 2. The smallest absolute Gasteiger partial charge is 0.265 e. The lowest BCUT2D eigenvalue weighted by Gasteiger charge is -2.15. The van der Waals surface area contributed by atoms with Crippen LogP contribution in [0.5, 0.6) is 5.75 Å². The molecule has 2 amide bonds. The van der Waals surface area contributed by atoms with Crippen LogP contribution in [0.3, 0.4) is 0 Å². The third-order valence-electron chi connectivity index (χ3n) is 2.95. The van der Waals surface area contributed by atoms with Crippen molar-refractivity contribution in [2.75, 3.05) is 10.6 Å². The van der Waals surface area contributed by atoms with Crippen molar-refractivity contribution in [3.63, 3.8) is 0 Å². The molecule has 0 aromatic heterocycles. The summed E-state index contributed by atoms with van der Waals surface area (Å²) in [4.78, 5) is 23.2. The van der Waals surface area contributed by atoms with Gasteiger partial charge in [-0.2, -0.15) is 0 Å². The first-order valence-corrected chi connectivity index (χ1v) is 7.42. The molecular weight excluding hydrogens is 316 g/mol. The third kappa shape index (κ3) is 5.30. The van der Waals surface area contributed by atoms with Crippen LogP contribution in [0.2, 0.25) is 5.02 Å². The van der Waals surface area contributed by atoms with Gasteiger partial charge >= 0.3 is 0 Å². The summed E-state index contributed by atoms with van der Waals surface area (Å²) in [5.41, 5.74) is 1.19. The van der Waals surface area contributed by atoms with Crippen LogP contribution >= 0.6 is 11.6 Å². The average Bonchev–Trinajstić information content (AvgIpc) is 2.49. The van der Waals surface area contributed by atoms with Crippen molar-refractivity contribution in [1.82, 2.24) is 0 Å². The zero-order valence-electron chi connectivity index (χ0n) is 12.8. The molecule has 0 radical (unpaired) electrons. The molecule has 120 valence electrons. The molecule has 0 aliphatic rings. The molecule has 6 heteroatoms. The largest absolute Gasteiger partial charge is 0.481 e. The van der Waals surface area contributed by atoms with Crippen LogP contribution in [0.4, 0.5) is 11.4 Å². The molecule has 0 fully saturated rings. The Kier molecular flexibility index (Phi) is 5.60. The van der Waals surface area contributed by atoms with Crippen molar-refractivity contribution in [3.8, 4) is 5.75 Å². The van der Waals surface area contributed by atoms with Crippen LogP contribution in [-0.2, 0) is 9.59 Å². The van der Waals surface area contributed by atoms with Gasteiger partial charge < -0.3 is 15.4 Å². The number of ether oxygens (including phenoxy) is 1. The van der Waals surface area contributed by atoms with E-state index in [1.807, 2.05) is 0 Å². The lowest BCUT2D eigenvalue weighted by molar-refractivity contribution is -0.122. The highest BCUT2D eigenvalue weighted by Gasteiger charge is 2.15. The van der Waals surface area contributed by atoms with Gasteiger partial charge in [0.1, 0.15) is 5.75 Å². The van der Waals surface area contributed by atoms with Crippen LogP contribution in [0, 0.1) is 0 Å². The molecule has 0 saturated heterocycles. The van der Waals surface area contributed by atoms with Gasteiger partial charge in [0.2, 0.25) is 5.91 Å². The molecule has 0 heterocycles. The minimum absolute atomic E-state index is 0.173. The number of carbonyl (C=O) groups is 2. The Morgan fingerprint density at radius 2 is 1.65 bits per heavy atom. The highest BCUT2D eigenvalue weighted by atomic mass is 35.5. The van der Waals surface area contributed by atoms with E-state index in [1.165, 1.54) is 6.92 Å². The number of hydrogen-bond donors (Lipinski definition) is 2. The molecule has 23 heavy (non-hydrogen) atoms. The van der Waals surface area contributed by atoms with Crippen LogP contribution < -0.4 is 15.4 Å². The summed E-state index contributed by atoms with van der Waals surface area (Å²) >= 11 is 5.80. The van der Waals surface area contributed by atoms with Gasteiger partial charge in [0, 0.05) is 23.3 Å². The normalized spacial score (nSPS) is 11.4. The molecule has 2 aromatic rings. The van der Waals surface area contributed by atoms with E-state index in [1.54, 1.807) is 55.5 Å². The van der Waals surface area contributed by atoms with E-state index in [0.29, 0.717) is 22.1 Å². The second-order valence-electron chi connectivity index (χ2n) is 4.97. The summed E-state index contributed by atoms with van der Waals surface area (Å²) < 4.78 is 5.56. The molecule has 0 aliphatic carbocycles. The third-order valence-corrected chi connectivity index (χ3v) is 3.20. The van der Waals surface area contributed by atoms with Crippen molar-refractivity contribution in [3.05, 3.63) is 53.6 Å². The van der Waals surface area contributed by atoms with E-state index >= 15 is 0 Å². The highest BCUT2D eigenvalue weighted by Crippen LogP contribution is 2.18. The van der Waals surface area contributed by atoms with Crippen molar-refractivity contribution < 1.29 is 14.3 Å². The fourth-order valence-corrected chi connectivity index (χ4v) is 2.02. The molecule has 0 saturated carbocycles. The summed E-state index contributed by atoms with van der Waals surface area (Å²) in [6.45, 7) is 3.08. The Hall–Kier alpha value is -2.53. The molecule has 2 aromatic carbocycles. The number of anilines is 2. The van der Waals surface area contributed by atoms with Gasteiger partial charge in [-0.1, -0.05) is 17.7 Å². The Balaban J connectivity index is 1.97. The van der Waals surface area contributed by atoms with Crippen molar-refractivity contribution in [1.29, 1.82) is 0 Å². The molecular formula is C17H17ClN2O3. The number of nitrogens with one attached hydrogen (secondary N) is 2. The first-order chi connectivity index (χ1) is 10.9. The monoisotopic (exact) mass is 332 g/mol. The maximum absolute atomic E-state index is 12.2. The fourth-order valence-electron chi connectivity index (χ4n) is 1.89. The summed E-state index contributed by atoms with van der Waals surface area (Å²) in [6, 6.07) is 13.7. The van der Waals surface area contributed by atoms with Crippen LogP contribution in [-0.4, -0.2) is 17.9 Å². The van der Waals surface area contributed by atoms with E-state index in [-0.39, 0.29) is 11.8 Å². The predicted octanol–water partition coefficient (Wildman–Crippen LogP) is 3.70. The number of benzene rings is 2. The Bertz CT molecular complexity index is 701. The highest BCUT2D eigenvalue weighted by molar-refractivity contribution is 6.30. The lowest BCUT2D eigenvalue weighted by Crippen LogP contribution is -2.30. The standard InChI is InChI=1S/C17H17ClN2O3/c1-11(23-16-8-6-13(18)7-9-16)17(22)20-15-5-3-4-14(10-15)19-12(2)21/h3-11H,1-2H3,(H,19,21)(H,20,22)/t11-/m1/s1. The topological polar surface area (TPSA) is 67.4 Å². The van der Waals surface area contributed by atoms with Gasteiger partial charge in [0.05, 0.1) is 0 Å². The Morgan fingerprint density at radius 1 is 1.04 bits per heavy atom. The van der Waals surface area contributed by atoms with Gasteiger partial charge in [-0.05, 0) is 49.4 Å². The minimum atomic E-state index is -0.680. The first-order valence-electron chi connectivity index (χ1n) is 7.05. The Morgan fingerprint density at radius 3 is 2.26 bits per heavy atom. The second-order valence-corrected chi connectivity index (χ2v) is 5.40. The van der Waals surface area contributed by atoms with E-state index in [4.69, 9.17) is 16.3 Å². The van der Waals surface area contributed by atoms with Crippen LogP contribution in [0.15, 0.2) is 48.5 Å². The second kappa shape index (κ2) is 7.65. The van der Waals surface area contributed by atoms with Gasteiger partial charge in [-0.25, -0.2) is 0 Å². The summed E-state index contributed by atoms with van der Waals surface area (Å²) in [5, 5.41) is 6.01. The number of rotatable bonds is 5. The summed E-state index contributed by atoms with van der Waals surface area (Å²) in [5.74, 6) is 0.0943. The van der Waals surface area contributed by atoms with Gasteiger partial charge in [-0.15, -0.1) is 0 Å². The van der Waals surface area contributed by atoms with E-state index in [2.05, 4.69) is 10.6 Å². The van der Waals surface area contributed by atoms with E-state index in [9.17, 15) is 9.59 Å². The van der Waals surface area contributed by atoms with Crippen LogP contribution in [0.25, 0.3) is 0 Å². The molecule has 1 atom stereocenters. The van der Waals surface area contributed by atoms with Gasteiger partial charge in [0.15, 0.2) is 6.10 Å². The maximum Gasteiger partial charge on any atom is 0.265 e.